The highest BCUT2D eigenvalue weighted by atomic mass is 16.3. The summed E-state index contributed by atoms with van der Waals surface area (Å²) in [5.41, 5.74) is 30.1. The van der Waals surface area contributed by atoms with Crippen molar-refractivity contribution in [3.63, 3.8) is 0 Å². The van der Waals surface area contributed by atoms with Crippen molar-refractivity contribution in [1.29, 1.82) is 0 Å². The Kier molecular flexibility index (Phi) is 35.3. The van der Waals surface area contributed by atoms with E-state index < -0.39 is 157 Å². The van der Waals surface area contributed by atoms with Crippen molar-refractivity contribution < 1.29 is 63.0 Å². The number of Topliss-reactive ketones (excluding diaryl/α,β-unsaturated/α-hetero) is 3. The molecule has 26 nitrogen and oxygen atoms in total. The number of unbranched alkanes of at least 4 members (excludes halogenated alkanes) is 1. The van der Waals surface area contributed by atoms with E-state index in [-0.39, 0.29) is 102 Å². The third kappa shape index (κ3) is 27.3. The molecule has 1 fully saturated rings. The van der Waals surface area contributed by atoms with Gasteiger partial charge in [-0.2, -0.15) is 0 Å². The molecular formula is C59H101N13O13. The summed E-state index contributed by atoms with van der Waals surface area (Å²) in [7, 11) is 0. The van der Waals surface area contributed by atoms with Crippen LogP contribution in [0.1, 0.15) is 143 Å². The fourth-order valence-electron chi connectivity index (χ4n) is 9.91. The van der Waals surface area contributed by atoms with Crippen LogP contribution in [0, 0.1) is 29.6 Å². The fourth-order valence-corrected chi connectivity index (χ4v) is 9.91. The molecular weight excluding hydrogens is 1100 g/mol. The summed E-state index contributed by atoms with van der Waals surface area (Å²) in [4.78, 5) is 155. The summed E-state index contributed by atoms with van der Waals surface area (Å²) in [6.07, 6.45) is -1.39. The average molecular weight is 1200 g/mol. The summed E-state index contributed by atoms with van der Waals surface area (Å²) in [5.74, 6) is -11.6. The Balaban J connectivity index is 2.67. The summed E-state index contributed by atoms with van der Waals surface area (Å²) in [6, 6.07) is -1.30. The van der Waals surface area contributed by atoms with Crippen LogP contribution >= 0.6 is 0 Å². The van der Waals surface area contributed by atoms with Gasteiger partial charge in [0.1, 0.15) is 42.0 Å². The van der Waals surface area contributed by atoms with E-state index in [0.717, 1.165) is 19.3 Å². The van der Waals surface area contributed by atoms with E-state index in [9.17, 15) is 63.0 Å². The zero-order valence-corrected chi connectivity index (χ0v) is 50.8. The minimum atomic E-state index is -1.61. The quantitative estimate of drug-likeness (QED) is 0.0359. The maximum Gasteiger partial charge on any atom is 0.243 e. The van der Waals surface area contributed by atoms with E-state index in [1.54, 1.807) is 44.2 Å². The van der Waals surface area contributed by atoms with Crippen LogP contribution in [0.15, 0.2) is 30.3 Å². The normalized spacial score (nSPS) is 23.1. The molecule has 1 aromatic rings. The lowest BCUT2D eigenvalue weighted by atomic mass is 9.91. The van der Waals surface area contributed by atoms with Gasteiger partial charge in [0.15, 0.2) is 11.6 Å². The number of benzene rings is 1. The molecule has 0 aromatic heterocycles. The monoisotopic (exact) mass is 1200 g/mol. The molecule has 2 rings (SSSR count). The van der Waals surface area contributed by atoms with Crippen LogP contribution in [-0.4, -0.2) is 169 Å². The predicted molar refractivity (Wildman–Crippen MR) is 320 cm³/mol. The number of nitrogens with one attached hydrogen (secondary N) is 8. The van der Waals surface area contributed by atoms with Crippen LogP contribution in [0.4, 0.5) is 0 Å². The summed E-state index contributed by atoms with van der Waals surface area (Å²) in [6.45, 7) is 9.52. The number of hydrogen-bond acceptors (Lipinski definition) is 18. The molecule has 480 valence electrons. The molecule has 1 aliphatic heterocycles. The Morgan fingerprint density at radius 3 is 1.67 bits per heavy atom. The Bertz CT molecular complexity index is 2310. The first-order chi connectivity index (χ1) is 40.3. The van der Waals surface area contributed by atoms with Crippen molar-refractivity contribution in [2.24, 2.45) is 58.3 Å². The minimum absolute atomic E-state index is 0.0571. The highest BCUT2D eigenvalue weighted by molar-refractivity contribution is 5.99. The van der Waals surface area contributed by atoms with Crippen LogP contribution < -0.4 is 71.2 Å². The highest BCUT2D eigenvalue weighted by Crippen LogP contribution is 2.20. The van der Waals surface area contributed by atoms with Crippen molar-refractivity contribution in [2.75, 3.05) is 39.3 Å². The molecule has 26 heteroatoms. The third-order valence-electron chi connectivity index (χ3n) is 15.2. The summed E-state index contributed by atoms with van der Waals surface area (Å²) in [5, 5.41) is 42.8. The molecule has 85 heavy (non-hydrogen) atoms. The van der Waals surface area contributed by atoms with E-state index >= 15 is 0 Å². The molecule has 1 aliphatic rings. The number of nitrogens with two attached hydrogens (primary N) is 5. The van der Waals surface area contributed by atoms with Gasteiger partial charge >= 0.3 is 0 Å². The minimum Gasteiger partial charge on any atom is -0.393 e. The predicted octanol–water partition coefficient (Wildman–Crippen LogP) is -1.97. The highest BCUT2D eigenvalue weighted by Gasteiger charge is 2.38. The largest absolute Gasteiger partial charge is 0.393 e. The van der Waals surface area contributed by atoms with E-state index in [1.807, 2.05) is 0 Å². The first-order valence-corrected chi connectivity index (χ1v) is 30.2. The molecule has 1 heterocycles. The standard InChI is InChI=1S/C59H101N13O13/c1-7-35(4)13-11-12-16-41(75)31-39(17-23-60)53(79)72-51(37(6)74)50(77)32-40(18-24-61)52(78)67-46-22-28-65-54(80)42(36(5)73)33-49(76)43(19-25-62)66-55(81)44(20-26-63)69-58(84)47(29-34(2)3)70-59(85)48(30-38-14-9-8-10-15-38)71-56(82)45(21-27-64)68-57(46)83/h8-10,14-15,34-37,39-40,42-48,51,73-74H,7,11-13,16-33,60-64H2,1-6H3,(H,65,80)(H,66,81)(H,67,78)(H,68,83)(H,69,84)(H,70,85)(H,71,82)(H,72,79)/t35-,36+,37+,39+,40+,42-,43-,44-,45+,46-,47-,48+,51-/m0/s1. The number of aliphatic hydroxyl groups excluding tert-OH is 2. The van der Waals surface area contributed by atoms with Crippen molar-refractivity contribution in [1.82, 2.24) is 42.5 Å². The summed E-state index contributed by atoms with van der Waals surface area (Å²) >= 11 is 0. The number of ketones is 3. The van der Waals surface area contributed by atoms with Gasteiger partial charge in [0, 0.05) is 50.5 Å². The van der Waals surface area contributed by atoms with Gasteiger partial charge in [-0.15, -0.1) is 0 Å². The third-order valence-corrected chi connectivity index (χ3v) is 15.2. The molecule has 0 saturated carbocycles. The summed E-state index contributed by atoms with van der Waals surface area (Å²) < 4.78 is 0. The van der Waals surface area contributed by atoms with Gasteiger partial charge in [-0.25, -0.2) is 0 Å². The van der Waals surface area contributed by atoms with Gasteiger partial charge in [-0.3, -0.25) is 52.7 Å². The second-order valence-electron chi connectivity index (χ2n) is 23.0. The number of carbonyl (C=O) groups is 11. The zero-order valence-electron chi connectivity index (χ0n) is 50.8. The lowest BCUT2D eigenvalue weighted by Gasteiger charge is -2.28. The van der Waals surface area contributed by atoms with Gasteiger partial charge in [-0.1, -0.05) is 77.3 Å². The van der Waals surface area contributed by atoms with Crippen molar-refractivity contribution in [3.8, 4) is 0 Å². The van der Waals surface area contributed by atoms with Gasteiger partial charge in [0.2, 0.25) is 47.3 Å². The van der Waals surface area contributed by atoms with Crippen molar-refractivity contribution in [2.45, 2.75) is 199 Å². The van der Waals surface area contributed by atoms with Crippen LogP contribution in [0.25, 0.3) is 0 Å². The molecule has 0 spiro atoms. The molecule has 13 atom stereocenters. The molecule has 20 N–H and O–H groups in total. The number of amides is 8. The second-order valence-corrected chi connectivity index (χ2v) is 23.0. The van der Waals surface area contributed by atoms with Gasteiger partial charge in [0.25, 0.3) is 0 Å². The molecule has 0 unspecified atom stereocenters. The second kappa shape index (κ2) is 40.2. The van der Waals surface area contributed by atoms with Crippen molar-refractivity contribution >= 4 is 64.6 Å². The number of hydrogen-bond donors (Lipinski definition) is 15. The van der Waals surface area contributed by atoms with Crippen LogP contribution in [0.5, 0.6) is 0 Å². The van der Waals surface area contributed by atoms with E-state index in [0.29, 0.717) is 17.9 Å². The van der Waals surface area contributed by atoms with Crippen molar-refractivity contribution in [3.05, 3.63) is 35.9 Å². The van der Waals surface area contributed by atoms with E-state index in [1.165, 1.54) is 13.8 Å². The van der Waals surface area contributed by atoms with Crippen LogP contribution in [0.3, 0.4) is 0 Å². The molecule has 1 saturated heterocycles. The Hall–Kier alpha value is -6.29. The maximum absolute atomic E-state index is 14.6. The SMILES string of the molecule is CC[C@H](C)CCCCC(=O)C[C@@H](CCN)C(=O)N[C@H](C(=O)C[C@@H](CCN)C(=O)N[C@H]1CCNC(=O)[C@H]([C@@H](C)O)CC(=O)[C@H](CCN)NC(=O)[C@H](CCN)NC(=O)[C@H](CC(C)C)NC(=O)[C@@H](Cc2ccccc2)NC(=O)[C@@H](CCN)NC1=O)[C@@H](C)O. The average Bonchev–Trinajstić information content (AvgIpc) is 3.67. The zero-order chi connectivity index (χ0) is 63.8. The van der Waals surface area contributed by atoms with Crippen LogP contribution in [0.2, 0.25) is 0 Å². The fraction of sp³-hybridized carbons (Fsp3) is 0.712. The number of aliphatic hydroxyl groups is 2. The Morgan fingerprint density at radius 1 is 0.612 bits per heavy atom. The lowest BCUT2D eigenvalue weighted by molar-refractivity contribution is -0.137. The lowest BCUT2D eigenvalue weighted by Crippen LogP contribution is -2.60. The van der Waals surface area contributed by atoms with Gasteiger partial charge in [0.05, 0.1) is 24.2 Å². The molecule has 0 aliphatic carbocycles. The first-order valence-electron chi connectivity index (χ1n) is 30.2. The van der Waals surface area contributed by atoms with Gasteiger partial charge in [-0.05, 0) is 115 Å². The Morgan fingerprint density at radius 2 is 1.13 bits per heavy atom. The first kappa shape index (κ1) is 74.8. The van der Waals surface area contributed by atoms with Gasteiger partial charge < -0.3 is 81.4 Å². The Labute approximate surface area is 500 Å². The van der Waals surface area contributed by atoms with E-state index in [4.69, 9.17) is 28.7 Å². The molecule has 0 radical (unpaired) electrons. The van der Waals surface area contributed by atoms with Crippen LogP contribution in [-0.2, 0) is 59.2 Å². The topological polar surface area (TPSA) is 455 Å². The molecule has 1 aromatic carbocycles. The molecule has 8 amide bonds. The smallest absolute Gasteiger partial charge is 0.243 e. The number of carbonyl (C=O) groups excluding carboxylic acids is 11. The maximum atomic E-state index is 14.6. The molecule has 0 bridgehead atoms. The number of rotatable bonds is 31. The van der Waals surface area contributed by atoms with E-state index in [2.05, 4.69) is 56.4 Å².